The van der Waals surface area contributed by atoms with Crippen molar-refractivity contribution < 1.29 is 27.8 Å². The van der Waals surface area contributed by atoms with Crippen LogP contribution in [0.15, 0.2) is 48.7 Å². The largest absolute Gasteiger partial charge is 0.493 e. The molecule has 0 bridgehead atoms. The van der Waals surface area contributed by atoms with Crippen LogP contribution in [0.2, 0.25) is 0 Å². The molecule has 0 unspecified atom stereocenters. The van der Waals surface area contributed by atoms with Crippen molar-refractivity contribution in [3.8, 4) is 16.3 Å². The number of carboxylic acids is 1. The minimum Gasteiger partial charge on any atom is -0.493 e. The van der Waals surface area contributed by atoms with Gasteiger partial charge in [-0.25, -0.2) is 4.98 Å². The summed E-state index contributed by atoms with van der Waals surface area (Å²) >= 11 is 1.47. The summed E-state index contributed by atoms with van der Waals surface area (Å²) in [5, 5.41) is 10.6. The molecule has 2 heterocycles. The monoisotopic (exact) mass is 488 g/mol. The van der Waals surface area contributed by atoms with Gasteiger partial charge in [-0.05, 0) is 42.3 Å². The zero-order chi connectivity index (χ0) is 24.3. The van der Waals surface area contributed by atoms with Crippen molar-refractivity contribution in [1.29, 1.82) is 0 Å². The van der Waals surface area contributed by atoms with Crippen molar-refractivity contribution in [3.63, 3.8) is 0 Å². The standard InChI is InChI=1S/C25H23F3N2O3S/c1-2-3-21-22(34-24(30-21)15-4-6-17(7-5-15)25(26,27)28)10-11-33-18-8-9-20-19(13-18)16(14-29-20)12-23(31)32/h4-9,13-14,29H,2-3,10-12H2,1H3,(H,31,32). The van der Waals surface area contributed by atoms with E-state index in [0.717, 1.165) is 46.4 Å². The van der Waals surface area contributed by atoms with Crippen LogP contribution in [0.25, 0.3) is 21.5 Å². The Morgan fingerprint density at radius 3 is 2.59 bits per heavy atom. The average molecular weight is 489 g/mol. The second-order valence-corrected chi connectivity index (χ2v) is 8.99. The maximum Gasteiger partial charge on any atom is 0.416 e. The molecular weight excluding hydrogens is 465 g/mol. The molecule has 2 N–H and O–H groups in total. The molecule has 0 fully saturated rings. The molecule has 2 aromatic heterocycles. The maximum atomic E-state index is 12.9. The molecule has 0 amide bonds. The number of H-pyrrole nitrogens is 1. The highest BCUT2D eigenvalue weighted by molar-refractivity contribution is 7.15. The van der Waals surface area contributed by atoms with Crippen molar-refractivity contribution >= 4 is 28.2 Å². The van der Waals surface area contributed by atoms with Gasteiger partial charge in [0.2, 0.25) is 0 Å². The smallest absolute Gasteiger partial charge is 0.416 e. The molecule has 0 aliphatic carbocycles. The van der Waals surface area contributed by atoms with Gasteiger partial charge >= 0.3 is 12.1 Å². The fourth-order valence-corrected chi connectivity index (χ4v) is 4.85. The Balaban J connectivity index is 1.47. The summed E-state index contributed by atoms with van der Waals surface area (Å²) in [5.74, 6) is -0.257. The summed E-state index contributed by atoms with van der Waals surface area (Å²) in [6.07, 6.45) is -0.451. The average Bonchev–Trinajstić information content (AvgIpc) is 3.37. The predicted octanol–water partition coefficient (Wildman–Crippen LogP) is 6.51. The van der Waals surface area contributed by atoms with Crippen molar-refractivity contribution in [2.75, 3.05) is 6.61 Å². The summed E-state index contributed by atoms with van der Waals surface area (Å²) in [5.41, 5.74) is 2.46. The lowest BCUT2D eigenvalue weighted by atomic mass is 10.1. The molecule has 0 saturated carbocycles. The van der Waals surface area contributed by atoms with E-state index < -0.39 is 17.7 Å². The molecule has 178 valence electrons. The highest BCUT2D eigenvalue weighted by Gasteiger charge is 2.30. The normalized spacial score (nSPS) is 11.8. The number of aromatic nitrogens is 2. The quantitative estimate of drug-likeness (QED) is 0.282. The van der Waals surface area contributed by atoms with Crippen LogP contribution >= 0.6 is 11.3 Å². The summed E-state index contributed by atoms with van der Waals surface area (Å²) in [7, 11) is 0. The van der Waals surface area contributed by atoms with Crippen molar-refractivity contribution in [1.82, 2.24) is 9.97 Å². The first-order valence-corrected chi connectivity index (χ1v) is 11.7. The number of thiazole rings is 1. The minimum absolute atomic E-state index is 0.0720. The number of hydrogen-bond acceptors (Lipinski definition) is 4. The molecule has 9 heteroatoms. The van der Waals surface area contributed by atoms with Gasteiger partial charge in [-0.3, -0.25) is 4.79 Å². The lowest BCUT2D eigenvalue weighted by molar-refractivity contribution is -0.138. The number of nitrogens with one attached hydrogen (secondary N) is 1. The Hall–Kier alpha value is -3.33. The summed E-state index contributed by atoms with van der Waals surface area (Å²) < 4.78 is 44.5. The van der Waals surface area contributed by atoms with E-state index in [-0.39, 0.29) is 6.42 Å². The Bertz CT molecular complexity index is 1290. The van der Waals surface area contributed by atoms with Gasteiger partial charge in [0.1, 0.15) is 10.8 Å². The number of benzene rings is 2. The number of alkyl halides is 3. The van der Waals surface area contributed by atoms with E-state index in [2.05, 4.69) is 16.9 Å². The van der Waals surface area contributed by atoms with Crippen LogP contribution in [0.1, 0.15) is 35.0 Å². The highest BCUT2D eigenvalue weighted by Crippen LogP contribution is 2.33. The van der Waals surface area contributed by atoms with Gasteiger partial charge in [0.05, 0.1) is 24.3 Å². The van der Waals surface area contributed by atoms with E-state index in [1.165, 1.54) is 23.5 Å². The molecule has 5 nitrogen and oxygen atoms in total. The van der Waals surface area contributed by atoms with Crippen molar-refractivity contribution in [2.45, 2.75) is 38.8 Å². The van der Waals surface area contributed by atoms with Crippen LogP contribution in [0, 0.1) is 0 Å². The first kappa shape index (κ1) is 23.8. The number of aliphatic carboxylic acids is 1. The van der Waals surface area contributed by atoms with E-state index in [1.54, 1.807) is 6.20 Å². The maximum absolute atomic E-state index is 12.9. The van der Waals surface area contributed by atoms with Gasteiger partial charge in [-0.1, -0.05) is 25.5 Å². The van der Waals surface area contributed by atoms with Crippen LogP contribution in [0.4, 0.5) is 13.2 Å². The molecule has 34 heavy (non-hydrogen) atoms. The van der Waals surface area contributed by atoms with Crippen LogP contribution in [-0.4, -0.2) is 27.7 Å². The second kappa shape index (κ2) is 9.89. The first-order chi connectivity index (χ1) is 16.2. The van der Waals surface area contributed by atoms with Gasteiger partial charge < -0.3 is 14.8 Å². The fourth-order valence-electron chi connectivity index (χ4n) is 3.75. The van der Waals surface area contributed by atoms with Crippen LogP contribution in [-0.2, 0) is 30.2 Å². The molecule has 4 rings (SSSR count). The molecule has 0 aliphatic heterocycles. The fraction of sp³-hybridized carbons (Fsp3) is 0.280. The number of carboxylic acid groups (broad SMARTS) is 1. The van der Waals surface area contributed by atoms with Gasteiger partial charge in [-0.15, -0.1) is 11.3 Å². The molecular formula is C25H23F3N2O3S. The number of rotatable bonds is 9. The summed E-state index contributed by atoms with van der Waals surface area (Å²) in [6.45, 7) is 2.45. The Morgan fingerprint density at radius 1 is 1.15 bits per heavy atom. The zero-order valence-electron chi connectivity index (χ0n) is 18.4. The Kier molecular flexibility index (Phi) is 6.92. The summed E-state index contributed by atoms with van der Waals surface area (Å²) in [6, 6.07) is 10.6. The third-order valence-corrected chi connectivity index (χ3v) is 6.61. The van der Waals surface area contributed by atoms with Gasteiger partial charge in [0, 0.05) is 34.0 Å². The van der Waals surface area contributed by atoms with Gasteiger partial charge in [0.25, 0.3) is 0 Å². The third-order valence-electron chi connectivity index (χ3n) is 5.40. The first-order valence-electron chi connectivity index (χ1n) is 10.9. The molecule has 0 atom stereocenters. The molecule has 0 radical (unpaired) electrons. The lowest BCUT2D eigenvalue weighted by Gasteiger charge is -2.07. The topological polar surface area (TPSA) is 75.2 Å². The number of hydrogen-bond donors (Lipinski definition) is 2. The van der Waals surface area contributed by atoms with Crippen LogP contribution in [0.3, 0.4) is 0 Å². The number of ether oxygens (including phenoxy) is 1. The number of nitrogens with zero attached hydrogens (tertiary/aromatic N) is 1. The number of carbonyl (C=O) groups is 1. The molecule has 0 saturated heterocycles. The number of aromatic amines is 1. The van der Waals surface area contributed by atoms with E-state index >= 15 is 0 Å². The number of halogens is 3. The SMILES string of the molecule is CCCc1nc(-c2ccc(C(F)(F)F)cc2)sc1CCOc1ccc2[nH]cc(CC(=O)O)c2c1. The highest BCUT2D eigenvalue weighted by atomic mass is 32.1. The van der Waals surface area contributed by atoms with E-state index in [4.69, 9.17) is 9.84 Å². The molecule has 4 aromatic rings. The molecule has 0 spiro atoms. The van der Waals surface area contributed by atoms with Crippen molar-refractivity contribution in [2.24, 2.45) is 0 Å². The van der Waals surface area contributed by atoms with E-state index in [9.17, 15) is 18.0 Å². The minimum atomic E-state index is -4.37. The Morgan fingerprint density at radius 2 is 1.91 bits per heavy atom. The molecule has 2 aromatic carbocycles. The second-order valence-electron chi connectivity index (χ2n) is 7.90. The number of aryl methyl sites for hydroxylation is 1. The predicted molar refractivity (Wildman–Crippen MR) is 125 cm³/mol. The Labute approximate surface area is 198 Å². The molecule has 0 aliphatic rings. The lowest BCUT2D eigenvalue weighted by Crippen LogP contribution is -2.03. The third kappa shape index (κ3) is 5.41. The van der Waals surface area contributed by atoms with Gasteiger partial charge in [-0.2, -0.15) is 13.2 Å². The summed E-state index contributed by atoms with van der Waals surface area (Å²) in [4.78, 5) is 19.9. The van der Waals surface area contributed by atoms with Crippen molar-refractivity contribution in [3.05, 3.63) is 70.4 Å². The van der Waals surface area contributed by atoms with E-state index in [0.29, 0.717) is 34.9 Å². The van der Waals surface area contributed by atoms with Gasteiger partial charge in [0.15, 0.2) is 0 Å². The van der Waals surface area contributed by atoms with Crippen LogP contribution in [0.5, 0.6) is 5.75 Å². The number of fused-ring (bicyclic) bond motifs is 1. The van der Waals surface area contributed by atoms with E-state index in [1.807, 2.05) is 18.2 Å². The van der Waals surface area contributed by atoms with Crippen LogP contribution < -0.4 is 4.74 Å². The zero-order valence-corrected chi connectivity index (χ0v) is 19.2.